The Bertz CT molecular complexity index is 692. The van der Waals surface area contributed by atoms with Crippen LogP contribution in [0, 0.1) is 0 Å². The monoisotopic (exact) mass is 356 g/mol. The van der Waals surface area contributed by atoms with Gasteiger partial charge in [0.05, 0.1) is 16.8 Å². The zero-order valence-corrected chi connectivity index (χ0v) is 13.8. The number of amides is 2. The molecule has 1 aromatic carbocycles. The highest BCUT2D eigenvalue weighted by Gasteiger charge is 2.06. The van der Waals surface area contributed by atoms with Gasteiger partial charge < -0.3 is 10.6 Å². The number of halogens is 1. The number of nitrogens with one attached hydrogen (secondary N) is 3. The molecule has 0 aliphatic carbocycles. The SMILES string of the molecule is O=C(CCCCNC(=O)CNc1nc2cc(Cl)ccc2s1)NO. The number of unbranched alkanes of at least 4 members (excludes halogenated alkanes) is 1. The summed E-state index contributed by atoms with van der Waals surface area (Å²) in [4.78, 5) is 26.9. The van der Waals surface area contributed by atoms with Crippen molar-refractivity contribution in [3.05, 3.63) is 23.2 Å². The zero-order chi connectivity index (χ0) is 16.7. The Morgan fingerprint density at radius 1 is 1.26 bits per heavy atom. The van der Waals surface area contributed by atoms with E-state index in [9.17, 15) is 9.59 Å². The average Bonchev–Trinajstić information content (AvgIpc) is 2.94. The highest BCUT2D eigenvalue weighted by molar-refractivity contribution is 7.22. The summed E-state index contributed by atoms with van der Waals surface area (Å²) in [5.74, 6) is -0.567. The fourth-order valence-electron chi connectivity index (χ4n) is 1.89. The summed E-state index contributed by atoms with van der Waals surface area (Å²) in [5.41, 5.74) is 2.37. The number of thiazole rings is 1. The van der Waals surface area contributed by atoms with Crippen LogP contribution in [0.15, 0.2) is 18.2 Å². The molecule has 7 nitrogen and oxygen atoms in total. The highest BCUT2D eigenvalue weighted by Crippen LogP contribution is 2.27. The third kappa shape index (κ3) is 5.66. The van der Waals surface area contributed by atoms with Crippen molar-refractivity contribution < 1.29 is 14.8 Å². The Morgan fingerprint density at radius 3 is 2.87 bits per heavy atom. The Kier molecular flexibility index (Phi) is 6.57. The first-order chi connectivity index (χ1) is 11.1. The lowest BCUT2D eigenvalue weighted by Gasteiger charge is -2.05. The number of hydroxylamine groups is 1. The van der Waals surface area contributed by atoms with Gasteiger partial charge in [-0.05, 0) is 31.0 Å². The lowest BCUT2D eigenvalue weighted by molar-refractivity contribution is -0.129. The quantitative estimate of drug-likeness (QED) is 0.329. The number of carbonyl (C=O) groups excluding carboxylic acids is 2. The number of aromatic nitrogens is 1. The molecule has 0 bridgehead atoms. The van der Waals surface area contributed by atoms with Crippen LogP contribution in [-0.2, 0) is 9.59 Å². The van der Waals surface area contributed by atoms with Crippen molar-refractivity contribution in [2.24, 2.45) is 0 Å². The van der Waals surface area contributed by atoms with Crippen molar-refractivity contribution in [1.29, 1.82) is 0 Å². The minimum atomic E-state index is -0.422. The van der Waals surface area contributed by atoms with Crippen LogP contribution in [0.2, 0.25) is 5.02 Å². The maximum absolute atomic E-state index is 11.7. The smallest absolute Gasteiger partial charge is 0.243 e. The van der Waals surface area contributed by atoms with E-state index >= 15 is 0 Å². The molecule has 124 valence electrons. The van der Waals surface area contributed by atoms with Crippen LogP contribution < -0.4 is 16.1 Å². The number of anilines is 1. The second-order valence-electron chi connectivity index (χ2n) is 4.83. The minimum Gasteiger partial charge on any atom is -0.355 e. The van der Waals surface area contributed by atoms with Gasteiger partial charge in [0.15, 0.2) is 5.13 Å². The number of hydrogen-bond acceptors (Lipinski definition) is 6. The van der Waals surface area contributed by atoms with Gasteiger partial charge in [0.2, 0.25) is 11.8 Å². The van der Waals surface area contributed by atoms with E-state index < -0.39 is 5.91 Å². The molecular formula is C14H17ClN4O3S. The standard InChI is InChI=1S/C14H17ClN4O3S/c15-9-4-5-11-10(7-9)18-14(23-11)17-8-13(21)16-6-2-1-3-12(20)19-22/h4-5,7,22H,1-3,6,8H2,(H,16,21)(H,17,18)(H,19,20). The van der Waals surface area contributed by atoms with E-state index in [4.69, 9.17) is 16.8 Å². The first kappa shape index (κ1) is 17.5. The first-order valence-electron chi connectivity index (χ1n) is 7.08. The Morgan fingerprint density at radius 2 is 2.09 bits per heavy atom. The van der Waals surface area contributed by atoms with E-state index in [0.29, 0.717) is 29.5 Å². The molecule has 4 N–H and O–H groups in total. The van der Waals surface area contributed by atoms with Crippen molar-refractivity contribution in [2.45, 2.75) is 19.3 Å². The van der Waals surface area contributed by atoms with Gasteiger partial charge >= 0.3 is 0 Å². The molecule has 0 aliphatic heterocycles. The molecule has 23 heavy (non-hydrogen) atoms. The third-order valence-corrected chi connectivity index (χ3v) is 4.26. The van der Waals surface area contributed by atoms with E-state index in [1.807, 2.05) is 6.07 Å². The van der Waals surface area contributed by atoms with Crippen LogP contribution in [0.3, 0.4) is 0 Å². The summed E-state index contributed by atoms with van der Waals surface area (Å²) >= 11 is 7.37. The number of carbonyl (C=O) groups is 2. The Labute approximate surface area is 142 Å². The van der Waals surface area contributed by atoms with Gasteiger partial charge in [-0.2, -0.15) is 0 Å². The van der Waals surface area contributed by atoms with Crippen molar-refractivity contribution in [2.75, 3.05) is 18.4 Å². The van der Waals surface area contributed by atoms with Crippen LogP contribution in [0.25, 0.3) is 10.2 Å². The summed E-state index contributed by atoms with van der Waals surface area (Å²) in [6, 6.07) is 5.47. The lowest BCUT2D eigenvalue weighted by atomic mass is 10.2. The molecule has 0 saturated carbocycles. The van der Waals surface area contributed by atoms with Gasteiger partial charge in [0.1, 0.15) is 0 Å². The maximum Gasteiger partial charge on any atom is 0.243 e. The molecule has 0 spiro atoms. The van der Waals surface area contributed by atoms with Crippen LogP contribution >= 0.6 is 22.9 Å². The van der Waals surface area contributed by atoms with Gasteiger partial charge in [-0.3, -0.25) is 14.8 Å². The second kappa shape index (κ2) is 8.66. The predicted octanol–water partition coefficient (Wildman–Crippen LogP) is 2.15. The number of nitrogens with zero attached hydrogens (tertiary/aromatic N) is 1. The van der Waals surface area contributed by atoms with Gasteiger partial charge in [-0.15, -0.1) is 0 Å². The summed E-state index contributed by atoms with van der Waals surface area (Å²) in [7, 11) is 0. The van der Waals surface area contributed by atoms with Gasteiger partial charge in [0, 0.05) is 18.0 Å². The summed E-state index contributed by atoms with van der Waals surface area (Å²) < 4.78 is 1.000. The first-order valence-corrected chi connectivity index (χ1v) is 8.27. The van der Waals surface area contributed by atoms with Gasteiger partial charge in [-0.25, -0.2) is 10.5 Å². The highest BCUT2D eigenvalue weighted by atomic mass is 35.5. The van der Waals surface area contributed by atoms with E-state index in [1.165, 1.54) is 11.3 Å². The van der Waals surface area contributed by atoms with E-state index in [1.54, 1.807) is 17.6 Å². The summed E-state index contributed by atoms with van der Waals surface area (Å²) in [6.07, 6.45) is 1.50. The zero-order valence-electron chi connectivity index (χ0n) is 12.3. The normalized spacial score (nSPS) is 10.5. The number of fused-ring (bicyclic) bond motifs is 1. The van der Waals surface area contributed by atoms with Crippen molar-refractivity contribution in [1.82, 2.24) is 15.8 Å². The van der Waals surface area contributed by atoms with E-state index in [0.717, 1.165) is 10.2 Å². The van der Waals surface area contributed by atoms with Crippen molar-refractivity contribution >= 4 is 50.1 Å². The topological polar surface area (TPSA) is 103 Å². The fraction of sp³-hybridized carbons (Fsp3) is 0.357. The predicted molar refractivity (Wildman–Crippen MR) is 89.9 cm³/mol. The molecule has 9 heteroatoms. The minimum absolute atomic E-state index is 0.130. The molecular weight excluding hydrogens is 340 g/mol. The molecule has 0 fully saturated rings. The Balaban J connectivity index is 1.68. The molecule has 2 aromatic rings. The second-order valence-corrected chi connectivity index (χ2v) is 6.29. The number of rotatable bonds is 8. The average molecular weight is 357 g/mol. The molecule has 1 aromatic heterocycles. The van der Waals surface area contributed by atoms with Crippen molar-refractivity contribution in [3.8, 4) is 0 Å². The Hall–Kier alpha value is -1.90. The fourth-order valence-corrected chi connectivity index (χ4v) is 2.90. The van der Waals surface area contributed by atoms with E-state index in [2.05, 4.69) is 15.6 Å². The summed E-state index contributed by atoms with van der Waals surface area (Å²) in [5, 5.41) is 15.4. The van der Waals surface area contributed by atoms with Crippen LogP contribution in [0.5, 0.6) is 0 Å². The van der Waals surface area contributed by atoms with E-state index in [-0.39, 0.29) is 18.9 Å². The number of benzene rings is 1. The molecule has 0 atom stereocenters. The molecule has 1 heterocycles. The molecule has 2 rings (SSSR count). The van der Waals surface area contributed by atoms with Crippen LogP contribution in [0.1, 0.15) is 19.3 Å². The van der Waals surface area contributed by atoms with Crippen LogP contribution in [0.4, 0.5) is 5.13 Å². The largest absolute Gasteiger partial charge is 0.355 e. The van der Waals surface area contributed by atoms with Gasteiger partial charge in [-0.1, -0.05) is 22.9 Å². The third-order valence-electron chi connectivity index (χ3n) is 3.03. The summed E-state index contributed by atoms with van der Waals surface area (Å²) in [6.45, 7) is 0.610. The van der Waals surface area contributed by atoms with Crippen molar-refractivity contribution in [3.63, 3.8) is 0 Å². The maximum atomic E-state index is 11.7. The molecule has 0 aliphatic rings. The van der Waals surface area contributed by atoms with Gasteiger partial charge in [0.25, 0.3) is 0 Å². The molecule has 0 radical (unpaired) electrons. The lowest BCUT2D eigenvalue weighted by Crippen LogP contribution is -2.30. The molecule has 2 amide bonds. The van der Waals surface area contributed by atoms with Crippen LogP contribution in [-0.4, -0.2) is 35.1 Å². The molecule has 0 saturated heterocycles. The number of hydrogen-bond donors (Lipinski definition) is 4. The molecule has 0 unspecified atom stereocenters.